The fourth-order valence-corrected chi connectivity index (χ4v) is 7.82. The number of hydrogen-bond acceptors (Lipinski definition) is 2. The van der Waals surface area contributed by atoms with Crippen molar-refractivity contribution in [2.75, 3.05) is 6.67 Å². The molecule has 2 bridgehead atoms. The molecule has 0 saturated carbocycles. The van der Waals surface area contributed by atoms with Crippen LogP contribution < -0.4 is 13.7 Å². The van der Waals surface area contributed by atoms with Gasteiger partial charge in [-0.1, -0.05) is 63.2 Å². The van der Waals surface area contributed by atoms with Crippen molar-refractivity contribution in [1.29, 1.82) is 0 Å². The molecule has 0 radical (unpaired) electrons. The molecule has 3 aliphatic heterocycles. The molecule has 0 amide bonds. The Morgan fingerprint density at radius 2 is 1.35 bits per heavy atom. The number of rotatable bonds is 5. The molecule has 2 atom stereocenters. The third-order valence-electron chi connectivity index (χ3n) is 10.5. The van der Waals surface area contributed by atoms with Crippen LogP contribution >= 0.6 is 0 Å². The number of aryl methyl sites for hydroxylation is 2. The van der Waals surface area contributed by atoms with E-state index in [1.807, 2.05) is 18.3 Å². The number of nitrogens with zero attached hydrogens (tertiary/aromatic N) is 4. The quantitative estimate of drug-likeness (QED) is 0.140. The van der Waals surface area contributed by atoms with Crippen LogP contribution in [0.15, 0.2) is 128 Å². The van der Waals surface area contributed by atoms with Crippen molar-refractivity contribution in [2.45, 2.75) is 40.0 Å². The second-order valence-corrected chi connectivity index (χ2v) is 14.5. The molecule has 5 aromatic carbocycles. The van der Waals surface area contributed by atoms with E-state index < -0.39 is 0 Å². The largest absolute Gasteiger partial charge is 0.457 e. The third-order valence-corrected chi connectivity index (χ3v) is 10.5. The predicted octanol–water partition coefficient (Wildman–Crippen LogP) is 11.3. The molecule has 0 N–H and O–H groups in total. The first-order valence-corrected chi connectivity index (χ1v) is 16.8. The summed E-state index contributed by atoms with van der Waals surface area (Å²) in [5, 5.41) is 2.33. The van der Waals surface area contributed by atoms with Gasteiger partial charge in [0, 0.05) is 47.3 Å². The Bertz CT molecular complexity index is 2340. The molecule has 5 heterocycles. The first kappa shape index (κ1) is 29.0. The molecule has 3 aliphatic rings. The predicted molar refractivity (Wildman–Crippen MR) is 198 cm³/mol. The average molecular weight is 628 g/mol. The maximum Gasteiger partial charge on any atom is 0.186 e. The summed E-state index contributed by atoms with van der Waals surface area (Å²) in [5.41, 5.74) is 12.2. The topological polar surface area (TPSA) is 27.1 Å². The van der Waals surface area contributed by atoms with Gasteiger partial charge in [0.05, 0.1) is 17.9 Å². The standard InChI is InChI=1S/C43H39N4O/c1-29-21-40-41(22-30(29)2)47(27-46(40,28-47)33-14-7-6-8-15-33)34-23-31(43(3,4)5)24-36(26-34)48-35-16-11-13-32(25-35)45-39-19-10-9-17-37(39)38-18-12-20-44-42(38)45/h6-27H,28H2,1-5H3/q+1/t46-,47+/m0/s1. The van der Waals surface area contributed by atoms with Crippen molar-refractivity contribution in [2.24, 2.45) is 0 Å². The maximum absolute atomic E-state index is 6.82. The highest BCUT2D eigenvalue weighted by Gasteiger charge is 2.63. The molecular weight excluding hydrogens is 589 g/mol. The van der Waals surface area contributed by atoms with E-state index >= 15 is 0 Å². The number of fused-ring (bicyclic) bond motifs is 3. The van der Waals surface area contributed by atoms with Gasteiger partial charge in [-0.25, -0.2) is 4.98 Å². The molecule has 2 aromatic heterocycles. The Morgan fingerprint density at radius 3 is 2.10 bits per heavy atom. The summed E-state index contributed by atoms with van der Waals surface area (Å²) in [6.45, 7) is 14.7. The van der Waals surface area contributed by atoms with Gasteiger partial charge in [0.2, 0.25) is 0 Å². The lowest BCUT2D eigenvalue weighted by atomic mass is 9.86. The lowest BCUT2D eigenvalue weighted by Crippen LogP contribution is -2.67. The summed E-state index contributed by atoms with van der Waals surface area (Å²) < 4.78 is 10.5. The number of ether oxygens (including phenoxy) is 1. The number of pyridine rings is 1. The first-order chi connectivity index (χ1) is 23.2. The van der Waals surface area contributed by atoms with Crippen molar-refractivity contribution < 1.29 is 4.74 Å². The molecular formula is C43H39N4O+. The molecule has 10 rings (SSSR count). The fraction of sp³-hybridized carbons (Fsp3) is 0.163. The Hall–Kier alpha value is -5.23. The SMILES string of the molecule is Cc1cc2c(cc1C)[N@+]1(c3cc(Oc4cccc(-n5c6ccccc6c6cccnc65)c4)cc(C(C)(C)C)c3)[CH-][N@@+]2(c2ccccc2)C1. The van der Waals surface area contributed by atoms with Gasteiger partial charge in [-0.05, 0) is 84.5 Å². The first-order valence-electron chi connectivity index (χ1n) is 16.8. The smallest absolute Gasteiger partial charge is 0.186 e. The Kier molecular flexibility index (Phi) is 6.11. The zero-order valence-corrected chi connectivity index (χ0v) is 28.1. The molecule has 5 nitrogen and oxygen atoms in total. The average Bonchev–Trinajstić information content (AvgIpc) is 3.65. The van der Waals surface area contributed by atoms with Crippen LogP contribution in [-0.4, -0.2) is 16.2 Å². The van der Waals surface area contributed by atoms with Gasteiger partial charge < -0.3 is 4.74 Å². The van der Waals surface area contributed by atoms with Crippen LogP contribution in [0, 0.1) is 20.5 Å². The van der Waals surface area contributed by atoms with Crippen LogP contribution in [0.1, 0.15) is 37.5 Å². The third kappa shape index (κ3) is 4.14. The van der Waals surface area contributed by atoms with E-state index in [2.05, 4.69) is 155 Å². The summed E-state index contributed by atoms with van der Waals surface area (Å²) >= 11 is 0. The van der Waals surface area contributed by atoms with E-state index in [0.29, 0.717) is 4.48 Å². The maximum atomic E-state index is 6.82. The molecule has 48 heavy (non-hydrogen) atoms. The van der Waals surface area contributed by atoms with Crippen LogP contribution in [-0.2, 0) is 5.41 Å². The summed E-state index contributed by atoms with van der Waals surface area (Å²) in [7, 11) is 0. The van der Waals surface area contributed by atoms with Crippen molar-refractivity contribution >= 4 is 44.7 Å². The van der Waals surface area contributed by atoms with Crippen molar-refractivity contribution in [1.82, 2.24) is 18.5 Å². The zero-order chi connectivity index (χ0) is 32.8. The van der Waals surface area contributed by atoms with E-state index in [4.69, 9.17) is 9.72 Å². The lowest BCUT2D eigenvalue weighted by molar-refractivity contribution is 0.186. The summed E-state index contributed by atoms with van der Waals surface area (Å²) in [6.07, 6.45) is 1.86. The van der Waals surface area contributed by atoms with E-state index in [1.165, 1.54) is 44.8 Å². The van der Waals surface area contributed by atoms with Gasteiger partial charge in [0.15, 0.2) is 18.0 Å². The van der Waals surface area contributed by atoms with Crippen LogP contribution in [0.3, 0.4) is 0 Å². The molecule has 0 spiro atoms. The highest BCUT2D eigenvalue weighted by Crippen LogP contribution is 2.65. The minimum Gasteiger partial charge on any atom is -0.457 e. The molecule has 0 unspecified atom stereocenters. The van der Waals surface area contributed by atoms with Crippen LogP contribution in [0.5, 0.6) is 11.5 Å². The van der Waals surface area contributed by atoms with Crippen LogP contribution in [0.4, 0.5) is 22.7 Å². The van der Waals surface area contributed by atoms with Gasteiger partial charge in [0.1, 0.15) is 28.5 Å². The van der Waals surface area contributed by atoms with Crippen molar-refractivity contribution in [3.05, 3.63) is 151 Å². The van der Waals surface area contributed by atoms with Crippen molar-refractivity contribution in [3.8, 4) is 17.2 Å². The fourth-order valence-electron chi connectivity index (χ4n) is 7.82. The molecule has 5 heteroatoms. The molecule has 236 valence electrons. The number of benzene rings is 5. The zero-order valence-electron chi connectivity index (χ0n) is 28.1. The minimum atomic E-state index is -0.0646. The van der Waals surface area contributed by atoms with Gasteiger partial charge in [-0.2, -0.15) is 0 Å². The number of para-hydroxylation sites is 2. The monoisotopic (exact) mass is 627 g/mol. The summed E-state index contributed by atoms with van der Waals surface area (Å²) in [6, 6.07) is 43.6. The summed E-state index contributed by atoms with van der Waals surface area (Å²) in [4.78, 5) is 4.79. The van der Waals surface area contributed by atoms with Crippen molar-refractivity contribution in [3.63, 3.8) is 0 Å². The van der Waals surface area contributed by atoms with Gasteiger partial charge in [-0.15, -0.1) is 0 Å². The van der Waals surface area contributed by atoms with Gasteiger partial charge in [0.25, 0.3) is 0 Å². The molecule has 0 aliphatic carbocycles. The highest BCUT2D eigenvalue weighted by atomic mass is 16.5. The Morgan fingerprint density at radius 1 is 0.667 bits per heavy atom. The van der Waals surface area contributed by atoms with Gasteiger partial charge in [-0.3, -0.25) is 13.5 Å². The van der Waals surface area contributed by atoms with E-state index in [-0.39, 0.29) is 5.41 Å². The minimum absolute atomic E-state index is 0.0646. The number of quaternary nitrogens is 2. The van der Waals surface area contributed by atoms with E-state index in [0.717, 1.165) is 44.9 Å². The number of hydrogen-bond donors (Lipinski definition) is 0. The number of aromatic nitrogens is 2. The molecule has 1 fully saturated rings. The lowest BCUT2D eigenvalue weighted by Gasteiger charge is -2.56. The van der Waals surface area contributed by atoms with Crippen LogP contribution in [0.25, 0.3) is 27.6 Å². The van der Waals surface area contributed by atoms with Gasteiger partial charge >= 0.3 is 0 Å². The summed E-state index contributed by atoms with van der Waals surface area (Å²) in [5.74, 6) is 1.64. The highest BCUT2D eigenvalue weighted by molar-refractivity contribution is 6.07. The Labute approximate surface area is 282 Å². The van der Waals surface area contributed by atoms with E-state index in [1.54, 1.807) is 0 Å². The van der Waals surface area contributed by atoms with Crippen LogP contribution in [0.2, 0.25) is 0 Å². The molecule has 1 saturated heterocycles. The second-order valence-electron chi connectivity index (χ2n) is 14.5. The Balaban J connectivity index is 1.16. The molecule has 7 aromatic rings. The van der Waals surface area contributed by atoms with E-state index in [9.17, 15) is 0 Å². The normalized spacial score (nSPS) is 19.8. The second kappa shape index (κ2) is 10.1.